The van der Waals surface area contributed by atoms with E-state index < -0.39 is 0 Å². The van der Waals surface area contributed by atoms with E-state index >= 15 is 0 Å². The van der Waals surface area contributed by atoms with Crippen molar-refractivity contribution in [1.82, 2.24) is 0 Å². The fourth-order valence-corrected chi connectivity index (χ4v) is 2.98. The van der Waals surface area contributed by atoms with Crippen LogP contribution in [-0.4, -0.2) is 25.2 Å². The van der Waals surface area contributed by atoms with E-state index in [2.05, 4.69) is 0 Å². The van der Waals surface area contributed by atoms with Gasteiger partial charge in [-0.1, -0.05) is 0 Å². The molecule has 2 rings (SSSR count). The van der Waals surface area contributed by atoms with Crippen molar-refractivity contribution in [2.24, 2.45) is 0 Å². The Balaban J connectivity index is 2.25. The summed E-state index contributed by atoms with van der Waals surface area (Å²) in [5.74, 6) is 0.263. The van der Waals surface area contributed by atoms with Crippen LogP contribution in [0.2, 0.25) is 0 Å². The predicted molar refractivity (Wildman–Crippen MR) is 61.2 cm³/mol. The van der Waals surface area contributed by atoms with Gasteiger partial charge in [0.1, 0.15) is 0 Å². The van der Waals surface area contributed by atoms with Crippen LogP contribution in [0.1, 0.15) is 0 Å². The molecule has 0 heterocycles. The number of phenolic OH excluding ortho intramolecular Hbond substituents is 2. The Hall–Kier alpha value is -1.44. The van der Waals surface area contributed by atoms with Crippen LogP contribution in [0.5, 0.6) is 11.5 Å². The fourth-order valence-electron chi connectivity index (χ4n) is 1.21. The molecule has 2 N–H and O–H groups in total. The van der Waals surface area contributed by atoms with Crippen LogP contribution in [0.15, 0.2) is 48.5 Å². The summed E-state index contributed by atoms with van der Waals surface area (Å²) in [6.45, 7) is 0. The molecular weight excluding hydrogens is 255 g/mol. The molecule has 0 amide bonds. The van der Waals surface area contributed by atoms with Crippen LogP contribution < -0.4 is 8.92 Å². The van der Waals surface area contributed by atoms with Gasteiger partial charge in [0, 0.05) is 0 Å². The normalized spacial score (nSPS) is 10.1. The molecule has 0 unspecified atom stereocenters. The van der Waals surface area contributed by atoms with E-state index in [9.17, 15) is 5.11 Å². The molecule has 0 saturated heterocycles. The molecule has 0 aliphatic heterocycles. The van der Waals surface area contributed by atoms with E-state index in [1.165, 1.54) is 10.5 Å². The first kappa shape index (κ1) is 10.1. The van der Waals surface area contributed by atoms with Crippen LogP contribution in [0.4, 0.5) is 0 Å². The number of hydrogen-bond acceptors (Lipinski definition) is 2. The van der Waals surface area contributed by atoms with Gasteiger partial charge in [-0.2, -0.15) is 0 Å². The molecule has 76 valence electrons. The molecule has 2 nitrogen and oxygen atoms in total. The van der Waals surface area contributed by atoms with Gasteiger partial charge in [0.15, 0.2) is 0 Å². The van der Waals surface area contributed by atoms with Crippen molar-refractivity contribution in [2.45, 2.75) is 0 Å². The number of rotatable bonds is 2. The summed E-state index contributed by atoms with van der Waals surface area (Å²) < 4.78 is 2.08. The van der Waals surface area contributed by atoms with E-state index in [1.807, 2.05) is 30.3 Å². The monoisotopic (exact) mass is 266 g/mol. The zero-order valence-corrected chi connectivity index (χ0v) is 9.63. The van der Waals surface area contributed by atoms with Crippen molar-refractivity contribution in [3.63, 3.8) is 0 Å². The third-order valence-electron chi connectivity index (χ3n) is 1.91. The molecule has 2 aromatic rings. The molecular formula is C12H10O2Se. The zero-order valence-electron chi connectivity index (χ0n) is 7.92. The Kier molecular flexibility index (Phi) is 2.95. The van der Waals surface area contributed by atoms with Gasteiger partial charge in [-0.05, 0) is 0 Å². The summed E-state index contributed by atoms with van der Waals surface area (Å²) in [5.41, 5.74) is 0. The molecule has 0 aliphatic rings. The van der Waals surface area contributed by atoms with Crippen LogP contribution in [0.25, 0.3) is 0 Å². The molecule has 0 aromatic heterocycles. The third kappa shape index (κ3) is 2.52. The third-order valence-corrected chi connectivity index (χ3v) is 4.16. The van der Waals surface area contributed by atoms with Gasteiger partial charge < -0.3 is 0 Å². The first-order valence-corrected chi connectivity index (χ1v) is 6.22. The van der Waals surface area contributed by atoms with Crippen molar-refractivity contribution in [2.75, 3.05) is 0 Å². The van der Waals surface area contributed by atoms with Crippen LogP contribution in [0, 0.1) is 0 Å². The summed E-state index contributed by atoms with van der Waals surface area (Å²) in [5, 5.41) is 18.8. The molecule has 15 heavy (non-hydrogen) atoms. The van der Waals surface area contributed by atoms with Crippen molar-refractivity contribution >= 4 is 23.9 Å². The Labute approximate surface area is 94.4 Å². The molecule has 0 atom stereocenters. The van der Waals surface area contributed by atoms with E-state index in [0.29, 0.717) is 0 Å². The van der Waals surface area contributed by atoms with Gasteiger partial charge in [-0.3, -0.25) is 0 Å². The molecule has 2 aromatic carbocycles. The number of aromatic hydroxyl groups is 2. The van der Waals surface area contributed by atoms with Gasteiger partial charge in [0.2, 0.25) is 0 Å². The van der Waals surface area contributed by atoms with Gasteiger partial charge >= 0.3 is 94.1 Å². The molecule has 0 bridgehead atoms. The van der Waals surface area contributed by atoms with Gasteiger partial charge in [-0.15, -0.1) is 0 Å². The van der Waals surface area contributed by atoms with E-state index in [0.717, 1.165) is 4.46 Å². The summed E-state index contributed by atoms with van der Waals surface area (Å²) >= 11 is 0.0824. The van der Waals surface area contributed by atoms with Crippen LogP contribution >= 0.6 is 0 Å². The van der Waals surface area contributed by atoms with Crippen molar-refractivity contribution in [3.8, 4) is 11.5 Å². The summed E-state index contributed by atoms with van der Waals surface area (Å²) in [7, 11) is 0. The number of benzene rings is 2. The van der Waals surface area contributed by atoms with E-state index in [4.69, 9.17) is 5.11 Å². The van der Waals surface area contributed by atoms with Crippen molar-refractivity contribution in [1.29, 1.82) is 0 Å². The van der Waals surface area contributed by atoms with E-state index in [1.54, 1.807) is 12.1 Å². The van der Waals surface area contributed by atoms with Crippen molar-refractivity contribution in [3.05, 3.63) is 48.5 Å². The molecule has 3 heteroatoms. The first-order valence-electron chi connectivity index (χ1n) is 4.50. The van der Waals surface area contributed by atoms with E-state index in [-0.39, 0.29) is 26.5 Å². The topological polar surface area (TPSA) is 40.5 Å². The van der Waals surface area contributed by atoms with Crippen molar-refractivity contribution < 1.29 is 10.2 Å². The SMILES string of the molecule is Oc1ccc([Se]c2ccccc2)c(O)c1. The predicted octanol–water partition coefficient (Wildman–Crippen LogP) is 0.753. The standard InChI is InChI=1S/C12H10O2Se/c13-9-6-7-12(11(14)8-9)15-10-4-2-1-3-5-10/h1-8,13-14H. The average Bonchev–Trinajstić information content (AvgIpc) is 2.24. The fraction of sp³-hybridized carbons (Fsp3) is 0. The molecule has 0 aliphatic carbocycles. The summed E-state index contributed by atoms with van der Waals surface area (Å²) in [4.78, 5) is 0. The second-order valence-electron chi connectivity index (χ2n) is 3.07. The Morgan fingerprint density at radius 3 is 2.27 bits per heavy atom. The quantitative estimate of drug-likeness (QED) is 0.787. The van der Waals surface area contributed by atoms with Crippen LogP contribution in [-0.2, 0) is 0 Å². The minimum absolute atomic E-state index is 0.0824. The van der Waals surface area contributed by atoms with Gasteiger partial charge in [-0.25, -0.2) is 0 Å². The molecule has 0 radical (unpaired) electrons. The summed E-state index contributed by atoms with van der Waals surface area (Å²) in [6, 6.07) is 14.7. The number of hydrogen-bond donors (Lipinski definition) is 2. The second kappa shape index (κ2) is 4.39. The Morgan fingerprint density at radius 1 is 0.867 bits per heavy atom. The number of phenols is 2. The minimum atomic E-state index is 0.0824. The maximum atomic E-state index is 9.61. The molecule has 0 spiro atoms. The Bertz CT molecular complexity index is 454. The molecule has 0 saturated carbocycles. The summed E-state index contributed by atoms with van der Waals surface area (Å²) in [6.07, 6.45) is 0. The maximum absolute atomic E-state index is 9.61. The Morgan fingerprint density at radius 2 is 1.60 bits per heavy atom. The molecule has 0 fully saturated rings. The van der Waals surface area contributed by atoms with Crippen LogP contribution in [0.3, 0.4) is 0 Å². The van der Waals surface area contributed by atoms with Gasteiger partial charge in [0.25, 0.3) is 0 Å². The zero-order chi connectivity index (χ0) is 10.7. The van der Waals surface area contributed by atoms with Gasteiger partial charge in [0.05, 0.1) is 0 Å². The second-order valence-corrected chi connectivity index (χ2v) is 5.41. The average molecular weight is 265 g/mol. The first-order chi connectivity index (χ1) is 7.25.